The summed E-state index contributed by atoms with van der Waals surface area (Å²) in [6, 6.07) is 8.71. The zero-order valence-corrected chi connectivity index (χ0v) is 15.6. The Morgan fingerprint density at radius 3 is 2.71 bits per heavy atom. The molecule has 1 atom stereocenters. The molecular formula is C21H18N4O3. The van der Waals surface area contributed by atoms with Crippen molar-refractivity contribution in [2.75, 3.05) is 0 Å². The lowest BCUT2D eigenvalue weighted by Crippen LogP contribution is -2.52. The summed E-state index contributed by atoms with van der Waals surface area (Å²) >= 11 is 0. The number of aryl methyl sites for hydroxylation is 2. The lowest BCUT2D eigenvalue weighted by molar-refractivity contribution is -0.136. The number of fused-ring (bicyclic) bond motifs is 1. The van der Waals surface area contributed by atoms with Gasteiger partial charge in [0.15, 0.2) is 0 Å². The van der Waals surface area contributed by atoms with Crippen LogP contribution in [-0.2, 0) is 16.1 Å². The molecule has 1 saturated heterocycles. The Labute approximate surface area is 162 Å². The fraction of sp³-hybridized carbons (Fsp3) is 0.286. The van der Waals surface area contributed by atoms with Gasteiger partial charge in [0.1, 0.15) is 12.1 Å². The Morgan fingerprint density at radius 2 is 2.00 bits per heavy atom. The minimum atomic E-state index is -0.643. The summed E-state index contributed by atoms with van der Waals surface area (Å²) in [5.74, 6) is -0.956. The largest absolute Gasteiger partial charge is 0.322 e. The number of hydrogen-bond acceptors (Lipinski definition) is 5. The molecule has 3 heterocycles. The Morgan fingerprint density at radius 1 is 1.21 bits per heavy atom. The number of nitriles is 1. The summed E-state index contributed by atoms with van der Waals surface area (Å²) in [6.45, 7) is 4.09. The van der Waals surface area contributed by atoms with Crippen LogP contribution in [0.4, 0.5) is 0 Å². The van der Waals surface area contributed by atoms with E-state index in [-0.39, 0.29) is 18.2 Å². The van der Waals surface area contributed by atoms with Crippen LogP contribution in [-0.4, -0.2) is 33.6 Å². The first kappa shape index (κ1) is 17.9. The van der Waals surface area contributed by atoms with Crippen LogP contribution in [0.5, 0.6) is 0 Å². The molecule has 0 saturated carbocycles. The standard InChI is InChI=1S/C21H18N4O3/c1-11-7-14(9-22)19(23-12(11)2)13-3-4-16-15(8-13)10-25(21(16)28)17-5-6-18(26)24-20(17)27/h3-4,7-8,17H,5-6,10H2,1-2H3,(H,24,26,27). The van der Waals surface area contributed by atoms with E-state index >= 15 is 0 Å². The number of imide groups is 1. The highest BCUT2D eigenvalue weighted by Crippen LogP contribution is 2.32. The lowest BCUT2D eigenvalue weighted by atomic mass is 10.00. The number of amides is 3. The molecular weight excluding hydrogens is 356 g/mol. The van der Waals surface area contributed by atoms with Crippen molar-refractivity contribution >= 4 is 17.7 Å². The second-order valence-electron chi connectivity index (χ2n) is 7.17. The predicted octanol–water partition coefficient (Wildman–Crippen LogP) is 2.00. The smallest absolute Gasteiger partial charge is 0.255 e. The quantitative estimate of drug-likeness (QED) is 0.810. The minimum Gasteiger partial charge on any atom is -0.322 e. The third kappa shape index (κ3) is 2.83. The number of piperidine rings is 1. The molecule has 0 radical (unpaired) electrons. The van der Waals surface area contributed by atoms with Crippen molar-refractivity contribution in [3.05, 3.63) is 52.2 Å². The first-order chi connectivity index (χ1) is 13.4. The zero-order chi connectivity index (χ0) is 20.0. The summed E-state index contributed by atoms with van der Waals surface area (Å²) in [5, 5.41) is 11.8. The first-order valence-electron chi connectivity index (χ1n) is 9.05. The van der Waals surface area contributed by atoms with Crippen LogP contribution >= 0.6 is 0 Å². The molecule has 1 N–H and O–H groups in total. The molecule has 140 valence electrons. The number of benzene rings is 1. The molecule has 2 aliphatic heterocycles. The van der Waals surface area contributed by atoms with Gasteiger partial charge < -0.3 is 4.90 Å². The third-order valence-corrected chi connectivity index (χ3v) is 5.38. The number of rotatable bonds is 2. The highest BCUT2D eigenvalue weighted by Gasteiger charge is 2.39. The Hall–Kier alpha value is -3.53. The topological polar surface area (TPSA) is 103 Å². The zero-order valence-electron chi connectivity index (χ0n) is 15.6. The van der Waals surface area contributed by atoms with E-state index in [4.69, 9.17) is 0 Å². The van der Waals surface area contributed by atoms with Crippen LogP contribution in [0.25, 0.3) is 11.3 Å². The van der Waals surface area contributed by atoms with E-state index < -0.39 is 11.9 Å². The molecule has 0 aliphatic carbocycles. The number of carbonyl (C=O) groups is 3. The molecule has 4 rings (SSSR count). The van der Waals surface area contributed by atoms with Gasteiger partial charge in [-0.1, -0.05) is 6.07 Å². The Kier molecular flexibility index (Phi) is 4.19. The molecule has 1 unspecified atom stereocenters. The summed E-state index contributed by atoms with van der Waals surface area (Å²) in [7, 11) is 0. The second kappa shape index (κ2) is 6.57. The van der Waals surface area contributed by atoms with Crippen LogP contribution in [0.1, 0.15) is 45.6 Å². The molecule has 7 nitrogen and oxygen atoms in total. The number of aromatic nitrogens is 1. The van der Waals surface area contributed by atoms with Gasteiger partial charge in [-0.2, -0.15) is 5.26 Å². The summed E-state index contributed by atoms with van der Waals surface area (Å²) < 4.78 is 0. The van der Waals surface area contributed by atoms with Crippen LogP contribution in [0.2, 0.25) is 0 Å². The molecule has 1 fully saturated rings. The van der Waals surface area contributed by atoms with Gasteiger partial charge in [-0.25, -0.2) is 0 Å². The number of pyridine rings is 1. The van der Waals surface area contributed by atoms with Crippen LogP contribution < -0.4 is 5.32 Å². The van der Waals surface area contributed by atoms with E-state index in [1.54, 1.807) is 12.1 Å². The SMILES string of the molecule is Cc1cc(C#N)c(-c2ccc3c(c2)CN(C2CCC(=O)NC2=O)C3=O)nc1C. The number of nitrogens with one attached hydrogen (secondary N) is 1. The average Bonchev–Trinajstić information content (AvgIpc) is 2.99. The van der Waals surface area contributed by atoms with Crippen molar-refractivity contribution in [3.8, 4) is 17.3 Å². The van der Waals surface area contributed by atoms with Crippen molar-refractivity contribution in [3.63, 3.8) is 0 Å². The maximum Gasteiger partial charge on any atom is 0.255 e. The van der Waals surface area contributed by atoms with E-state index in [9.17, 15) is 19.6 Å². The van der Waals surface area contributed by atoms with E-state index in [1.807, 2.05) is 26.0 Å². The van der Waals surface area contributed by atoms with Gasteiger partial charge in [-0.15, -0.1) is 0 Å². The maximum absolute atomic E-state index is 12.8. The molecule has 2 aliphatic rings. The van der Waals surface area contributed by atoms with Crippen molar-refractivity contribution in [2.24, 2.45) is 0 Å². The van der Waals surface area contributed by atoms with Crippen LogP contribution in [0.15, 0.2) is 24.3 Å². The molecule has 28 heavy (non-hydrogen) atoms. The van der Waals surface area contributed by atoms with Gasteiger partial charge in [-0.3, -0.25) is 24.7 Å². The third-order valence-electron chi connectivity index (χ3n) is 5.38. The molecule has 7 heteroatoms. The van der Waals surface area contributed by atoms with Crippen LogP contribution in [0.3, 0.4) is 0 Å². The maximum atomic E-state index is 12.8. The molecule has 0 bridgehead atoms. The second-order valence-corrected chi connectivity index (χ2v) is 7.17. The molecule has 3 amide bonds. The fourth-order valence-corrected chi connectivity index (χ4v) is 3.73. The van der Waals surface area contributed by atoms with Crippen LogP contribution in [0, 0.1) is 25.2 Å². The summed E-state index contributed by atoms with van der Waals surface area (Å²) in [5.41, 5.74) is 4.94. The molecule has 0 spiro atoms. The molecule has 1 aromatic heterocycles. The summed E-state index contributed by atoms with van der Waals surface area (Å²) in [6.07, 6.45) is 0.550. The summed E-state index contributed by atoms with van der Waals surface area (Å²) in [4.78, 5) is 42.4. The van der Waals surface area contributed by atoms with Gasteiger partial charge in [0, 0.05) is 29.8 Å². The Bertz CT molecular complexity index is 1080. The van der Waals surface area contributed by atoms with Gasteiger partial charge in [0.2, 0.25) is 11.8 Å². The average molecular weight is 374 g/mol. The van der Waals surface area contributed by atoms with Crippen molar-refractivity contribution in [1.29, 1.82) is 5.26 Å². The lowest BCUT2D eigenvalue weighted by Gasteiger charge is -2.29. The normalized spacial score (nSPS) is 18.7. The number of nitrogens with zero attached hydrogens (tertiary/aromatic N) is 3. The number of carbonyl (C=O) groups excluding carboxylic acids is 3. The van der Waals surface area contributed by atoms with E-state index in [1.165, 1.54) is 4.90 Å². The highest BCUT2D eigenvalue weighted by molar-refractivity contribution is 6.05. The van der Waals surface area contributed by atoms with Gasteiger partial charge in [-0.05, 0) is 49.6 Å². The van der Waals surface area contributed by atoms with Gasteiger partial charge >= 0.3 is 0 Å². The minimum absolute atomic E-state index is 0.218. The van der Waals surface area contributed by atoms with Gasteiger partial charge in [0.05, 0.1) is 11.3 Å². The predicted molar refractivity (Wildman–Crippen MR) is 99.9 cm³/mol. The number of hydrogen-bond donors (Lipinski definition) is 1. The van der Waals surface area contributed by atoms with E-state index in [0.717, 1.165) is 22.4 Å². The van der Waals surface area contributed by atoms with E-state index in [0.29, 0.717) is 29.8 Å². The molecule has 1 aromatic carbocycles. The van der Waals surface area contributed by atoms with Gasteiger partial charge in [0.25, 0.3) is 5.91 Å². The fourth-order valence-electron chi connectivity index (χ4n) is 3.73. The van der Waals surface area contributed by atoms with Crippen molar-refractivity contribution in [2.45, 2.75) is 39.3 Å². The Balaban J connectivity index is 1.69. The first-order valence-corrected chi connectivity index (χ1v) is 9.05. The monoisotopic (exact) mass is 374 g/mol. The van der Waals surface area contributed by atoms with E-state index in [2.05, 4.69) is 16.4 Å². The highest BCUT2D eigenvalue weighted by atomic mass is 16.2. The van der Waals surface area contributed by atoms with Crippen molar-refractivity contribution in [1.82, 2.24) is 15.2 Å². The molecule has 2 aromatic rings. The van der Waals surface area contributed by atoms with Crippen molar-refractivity contribution < 1.29 is 14.4 Å².